The number of hydrogen-bond acceptors (Lipinski definition) is 5. The standard InChI is InChI=1S/C16H19NO4S2/c1-20-14-5-2-3-7-16(14)23(18,19)17-9-8-15(22-12-10-17)13-6-4-11-21-13/h2-7,11,15H,8-10,12H2,1H3. The zero-order valence-electron chi connectivity index (χ0n) is 12.8. The summed E-state index contributed by atoms with van der Waals surface area (Å²) < 4.78 is 38.1. The lowest BCUT2D eigenvalue weighted by atomic mass is 10.2. The van der Waals surface area contributed by atoms with E-state index in [9.17, 15) is 8.42 Å². The van der Waals surface area contributed by atoms with Gasteiger partial charge in [0, 0.05) is 18.8 Å². The van der Waals surface area contributed by atoms with E-state index in [-0.39, 0.29) is 10.1 Å². The van der Waals surface area contributed by atoms with E-state index in [4.69, 9.17) is 9.15 Å². The molecule has 1 saturated heterocycles. The second kappa shape index (κ2) is 6.98. The van der Waals surface area contributed by atoms with Crippen LogP contribution in [0.1, 0.15) is 17.4 Å². The molecule has 5 nitrogen and oxygen atoms in total. The maximum atomic E-state index is 12.9. The van der Waals surface area contributed by atoms with Gasteiger partial charge in [-0.15, -0.1) is 11.8 Å². The van der Waals surface area contributed by atoms with Crippen LogP contribution < -0.4 is 4.74 Å². The molecule has 0 spiro atoms. The average molecular weight is 353 g/mol. The van der Waals surface area contributed by atoms with Crippen molar-refractivity contribution < 1.29 is 17.6 Å². The van der Waals surface area contributed by atoms with Gasteiger partial charge in [-0.25, -0.2) is 8.42 Å². The third-order valence-corrected chi connectivity index (χ3v) is 7.07. The third-order valence-electron chi connectivity index (χ3n) is 3.85. The van der Waals surface area contributed by atoms with E-state index in [0.29, 0.717) is 18.8 Å². The van der Waals surface area contributed by atoms with E-state index in [2.05, 4.69) is 0 Å². The summed E-state index contributed by atoms with van der Waals surface area (Å²) in [6.45, 7) is 0.959. The van der Waals surface area contributed by atoms with Gasteiger partial charge in [-0.3, -0.25) is 0 Å². The van der Waals surface area contributed by atoms with Crippen molar-refractivity contribution in [1.29, 1.82) is 0 Å². The molecule has 124 valence electrons. The fourth-order valence-electron chi connectivity index (χ4n) is 2.66. The number of hydrogen-bond donors (Lipinski definition) is 0. The molecule has 1 aromatic heterocycles. The van der Waals surface area contributed by atoms with Crippen molar-refractivity contribution in [3.63, 3.8) is 0 Å². The predicted octanol–water partition coefficient (Wildman–Crippen LogP) is 3.16. The molecule has 0 N–H and O–H groups in total. The minimum absolute atomic E-state index is 0.197. The Balaban J connectivity index is 1.81. The summed E-state index contributed by atoms with van der Waals surface area (Å²) in [6.07, 6.45) is 2.39. The van der Waals surface area contributed by atoms with E-state index in [1.165, 1.54) is 7.11 Å². The molecule has 0 amide bonds. The zero-order chi connectivity index (χ0) is 16.3. The molecule has 0 aliphatic carbocycles. The van der Waals surface area contributed by atoms with Crippen LogP contribution in [0.2, 0.25) is 0 Å². The molecule has 1 aliphatic rings. The summed E-state index contributed by atoms with van der Waals surface area (Å²) in [6, 6.07) is 10.6. The molecule has 0 radical (unpaired) electrons. The molecule has 1 unspecified atom stereocenters. The Kier molecular flexibility index (Phi) is 4.99. The third kappa shape index (κ3) is 3.41. The SMILES string of the molecule is COc1ccccc1S(=O)(=O)N1CCSC(c2ccco2)CC1. The largest absolute Gasteiger partial charge is 0.495 e. The van der Waals surface area contributed by atoms with Crippen LogP contribution in [0.15, 0.2) is 52.0 Å². The number of ether oxygens (including phenoxy) is 1. The Hall–Kier alpha value is -1.44. The number of rotatable bonds is 4. The lowest BCUT2D eigenvalue weighted by Gasteiger charge is -2.21. The maximum Gasteiger partial charge on any atom is 0.246 e. The normalized spacial score (nSPS) is 20.1. The van der Waals surface area contributed by atoms with Crippen LogP contribution in [0.3, 0.4) is 0 Å². The van der Waals surface area contributed by atoms with Crippen LogP contribution in [0.5, 0.6) is 5.75 Å². The first-order valence-corrected chi connectivity index (χ1v) is 9.90. The Bertz CT molecular complexity index is 743. The van der Waals surface area contributed by atoms with Gasteiger partial charge in [-0.1, -0.05) is 12.1 Å². The number of para-hydroxylation sites is 1. The van der Waals surface area contributed by atoms with Gasteiger partial charge in [0.15, 0.2) is 0 Å². The minimum Gasteiger partial charge on any atom is -0.495 e. The van der Waals surface area contributed by atoms with Gasteiger partial charge >= 0.3 is 0 Å². The summed E-state index contributed by atoms with van der Waals surface area (Å²) >= 11 is 1.74. The van der Waals surface area contributed by atoms with Crippen LogP contribution in [0.25, 0.3) is 0 Å². The predicted molar refractivity (Wildman–Crippen MR) is 90.3 cm³/mol. The number of methoxy groups -OCH3 is 1. The summed E-state index contributed by atoms with van der Waals surface area (Å²) in [7, 11) is -2.07. The van der Waals surface area contributed by atoms with Crippen LogP contribution >= 0.6 is 11.8 Å². The molecule has 1 aliphatic heterocycles. The highest BCUT2D eigenvalue weighted by molar-refractivity contribution is 7.99. The highest BCUT2D eigenvalue weighted by atomic mass is 32.2. The van der Waals surface area contributed by atoms with Crippen molar-refractivity contribution in [2.24, 2.45) is 0 Å². The van der Waals surface area contributed by atoms with Gasteiger partial charge in [0.25, 0.3) is 0 Å². The van der Waals surface area contributed by atoms with Gasteiger partial charge in [-0.05, 0) is 30.7 Å². The van der Waals surface area contributed by atoms with Crippen molar-refractivity contribution in [2.75, 3.05) is 26.0 Å². The fraction of sp³-hybridized carbons (Fsp3) is 0.375. The monoisotopic (exact) mass is 353 g/mol. The first kappa shape index (κ1) is 16.4. The average Bonchev–Trinajstić information content (AvgIpc) is 2.98. The molecule has 2 aromatic rings. The molecule has 23 heavy (non-hydrogen) atoms. The Morgan fingerprint density at radius 3 is 2.78 bits per heavy atom. The smallest absolute Gasteiger partial charge is 0.246 e. The summed E-state index contributed by atoms with van der Waals surface area (Å²) in [5, 5.41) is 0.197. The van der Waals surface area contributed by atoms with E-state index in [1.54, 1.807) is 46.6 Å². The first-order chi connectivity index (χ1) is 11.1. The molecule has 1 fully saturated rings. The molecule has 1 atom stereocenters. The van der Waals surface area contributed by atoms with E-state index < -0.39 is 10.0 Å². The highest BCUT2D eigenvalue weighted by Gasteiger charge is 2.30. The maximum absolute atomic E-state index is 12.9. The lowest BCUT2D eigenvalue weighted by molar-refractivity contribution is 0.391. The topological polar surface area (TPSA) is 59.8 Å². The van der Waals surface area contributed by atoms with Gasteiger partial charge in [0.1, 0.15) is 16.4 Å². The Morgan fingerprint density at radius 2 is 2.04 bits per heavy atom. The lowest BCUT2D eigenvalue weighted by Crippen LogP contribution is -2.33. The second-order valence-corrected chi connectivity index (χ2v) is 8.44. The summed E-state index contributed by atoms with van der Waals surface area (Å²) in [5.41, 5.74) is 0. The van der Waals surface area contributed by atoms with Crippen molar-refractivity contribution in [2.45, 2.75) is 16.6 Å². The summed E-state index contributed by atoms with van der Waals surface area (Å²) in [4.78, 5) is 0.226. The Labute approximate surface area is 140 Å². The van der Waals surface area contributed by atoms with Crippen LogP contribution in [-0.2, 0) is 10.0 Å². The molecule has 3 rings (SSSR count). The number of sulfonamides is 1. The van der Waals surface area contributed by atoms with Gasteiger partial charge < -0.3 is 9.15 Å². The number of thioether (sulfide) groups is 1. The van der Waals surface area contributed by atoms with Crippen LogP contribution in [0.4, 0.5) is 0 Å². The Morgan fingerprint density at radius 1 is 1.22 bits per heavy atom. The van der Waals surface area contributed by atoms with E-state index in [0.717, 1.165) is 17.9 Å². The molecule has 0 saturated carbocycles. The quantitative estimate of drug-likeness (QED) is 0.845. The van der Waals surface area contributed by atoms with Crippen molar-refractivity contribution >= 4 is 21.8 Å². The number of benzene rings is 1. The van der Waals surface area contributed by atoms with E-state index >= 15 is 0 Å². The molecular weight excluding hydrogens is 334 g/mol. The van der Waals surface area contributed by atoms with Gasteiger partial charge in [0.2, 0.25) is 10.0 Å². The van der Waals surface area contributed by atoms with Gasteiger partial charge in [-0.2, -0.15) is 4.31 Å². The molecular formula is C16H19NO4S2. The van der Waals surface area contributed by atoms with Crippen molar-refractivity contribution in [3.05, 3.63) is 48.4 Å². The van der Waals surface area contributed by atoms with Crippen LogP contribution in [-0.4, -0.2) is 38.7 Å². The van der Waals surface area contributed by atoms with Gasteiger partial charge in [0.05, 0.1) is 18.6 Å². The minimum atomic E-state index is -3.56. The van der Waals surface area contributed by atoms with E-state index in [1.807, 2.05) is 12.1 Å². The molecule has 0 bridgehead atoms. The van der Waals surface area contributed by atoms with Crippen LogP contribution in [0, 0.1) is 0 Å². The molecule has 7 heteroatoms. The molecule has 1 aromatic carbocycles. The first-order valence-electron chi connectivity index (χ1n) is 7.41. The van der Waals surface area contributed by atoms with Crippen molar-refractivity contribution in [1.82, 2.24) is 4.31 Å². The highest BCUT2D eigenvalue weighted by Crippen LogP contribution is 2.36. The number of furan rings is 1. The zero-order valence-corrected chi connectivity index (χ0v) is 14.5. The number of nitrogens with zero attached hydrogens (tertiary/aromatic N) is 1. The molecule has 2 heterocycles. The fourth-order valence-corrected chi connectivity index (χ4v) is 5.57. The summed E-state index contributed by atoms with van der Waals surface area (Å²) in [5.74, 6) is 2.03. The van der Waals surface area contributed by atoms with Crippen molar-refractivity contribution in [3.8, 4) is 5.75 Å². The second-order valence-electron chi connectivity index (χ2n) is 5.22.